The molecule has 2 aromatic rings. The van der Waals surface area contributed by atoms with Gasteiger partial charge in [0.1, 0.15) is 5.75 Å². The number of carbonyl (C=O) groups is 1. The Hall–Kier alpha value is -2.50. The summed E-state index contributed by atoms with van der Waals surface area (Å²) in [6.45, 7) is 3.17. The first-order valence-electron chi connectivity index (χ1n) is 8.59. The third-order valence-corrected chi connectivity index (χ3v) is 4.52. The molecule has 26 heavy (non-hydrogen) atoms. The number of hydrogen-bond donors (Lipinski definition) is 0. The number of likely N-dealkylation sites (tertiary alicyclic amines) is 1. The average Bonchev–Trinajstić information content (AvgIpc) is 2.62. The van der Waals surface area contributed by atoms with Crippen molar-refractivity contribution in [1.82, 2.24) is 4.90 Å². The van der Waals surface area contributed by atoms with Gasteiger partial charge in [-0.2, -0.15) is 13.2 Å². The predicted octanol–water partition coefficient (Wildman–Crippen LogP) is 5.67. The summed E-state index contributed by atoms with van der Waals surface area (Å²) in [5, 5.41) is 0. The molecule has 3 nitrogen and oxygen atoms in total. The van der Waals surface area contributed by atoms with Gasteiger partial charge in [0.25, 0.3) is 0 Å². The highest BCUT2D eigenvalue weighted by Gasteiger charge is 2.30. The summed E-state index contributed by atoms with van der Waals surface area (Å²) in [5.74, 6) is 0.397. The molecule has 1 saturated heterocycles. The van der Waals surface area contributed by atoms with Gasteiger partial charge in [-0.1, -0.05) is 18.2 Å². The van der Waals surface area contributed by atoms with Crippen molar-refractivity contribution in [2.24, 2.45) is 0 Å². The van der Waals surface area contributed by atoms with E-state index in [0.717, 1.165) is 37.0 Å². The minimum Gasteiger partial charge on any atom is -0.410 e. The second-order valence-electron chi connectivity index (χ2n) is 6.47. The smallest absolute Gasteiger partial charge is 0.410 e. The van der Waals surface area contributed by atoms with E-state index in [0.29, 0.717) is 30.0 Å². The van der Waals surface area contributed by atoms with Gasteiger partial charge in [-0.15, -0.1) is 0 Å². The third kappa shape index (κ3) is 4.18. The number of benzene rings is 2. The van der Waals surface area contributed by atoms with Crippen LogP contribution >= 0.6 is 0 Å². The van der Waals surface area contributed by atoms with Crippen molar-refractivity contribution >= 4 is 6.09 Å². The van der Waals surface area contributed by atoms with Gasteiger partial charge in [-0.3, -0.25) is 0 Å². The van der Waals surface area contributed by atoms with Gasteiger partial charge in [0, 0.05) is 13.1 Å². The van der Waals surface area contributed by atoms with E-state index in [1.807, 2.05) is 0 Å². The number of alkyl halides is 3. The van der Waals surface area contributed by atoms with Crippen molar-refractivity contribution in [2.75, 3.05) is 13.1 Å². The molecule has 1 aliphatic heterocycles. The number of amides is 1. The quantitative estimate of drug-likeness (QED) is 0.688. The molecule has 6 heteroatoms. The lowest BCUT2D eigenvalue weighted by Gasteiger charge is -2.25. The van der Waals surface area contributed by atoms with Gasteiger partial charge in [0.15, 0.2) is 0 Å². The molecule has 1 aliphatic rings. The molecule has 138 valence electrons. The molecule has 0 N–H and O–H groups in total. The van der Waals surface area contributed by atoms with Crippen LogP contribution < -0.4 is 4.74 Å². The van der Waals surface area contributed by atoms with Gasteiger partial charge < -0.3 is 9.64 Å². The molecule has 2 aromatic carbocycles. The number of nitrogens with zero attached hydrogens (tertiary/aromatic N) is 1. The number of piperidine rings is 1. The fourth-order valence-electron chi connectivity index (χ4n) is 3.13. The number of hydrogen-bond acceptors (Lipinski definition) is 2. The summed E-state index contributed by atoms with van der Waals surface area (Å²) >= 11 is 0. The van der Waals surface area contributed by atoms with Crippen LogP contribution in [-0.4, -0.2) is 24.1 Å². The van der Waals surface area contributed by atoms with Gasteiger partial charge in [0.2, 0.25) is 0 Å². The highest BCUT2D eigenvalue weighted by Crippen LogP contribution is 2.34. The van der Waals surface area contributed by atoms with Crippen molar-refractivity contribution in [3.05, 3.63) is 53.6 Å². The largest absolute Gasteiger partial charge is 0.416 e. The molecule has 0 aromatic heterocycles. The van der Waals surface area contributed by atoms with Crippen LogP contribution in [0.15, 0.2) is 42.5 Å². The zero-order chi connectivity index (χ0) is 18.7. The fourth-order valence-corrected chi connectivity index (χ4v) is 3.13. The van der Waals surface area contributed by atoms with E-state index in [4.69, 9.17) is 4.74 Å². The van der Waals surface area contributed by atoms with Crippen LogP contribution in [0.5, 0.6) is 5.75 Å². The Morgan fingerprint density at radius 2 is 1.77 bits per heavy atom. The first kappa shape index (κ1) is 18.3. The number of ether oxygens (including phenoxy) is 1. The van der Waals surface area contributed by atoms with E-state index in [1.54, 1.807) is 36.1 Å². The Balaban J connectivity index is 1.78. The maximum atomic E-state index is 12.9. The lowest BCUT2D eigenvalue weighted by Crippen LogP contribution is -2.37. The molecule has 1 fully saturated rings. The predicted molar refractivity (Wildman–Crippen MR) is 93.1 cm³/mol. The first-order valence-corrected chi connectivity index (χ1v) is 8.59. The van der Waals surface area contributed by atoms with E-state index >= 15 is 0 Å². The van der Waals surface area contributed by atoms with Crippen LogP contribution in [0.25, 0.3) is 11.1 Å². The van der Waals surface area contributed by atoms with E-state index in [9.17, 15) is 18.0 Å². The molecule has 0 aliphatic carbocycles. The lowest BCUT2D eigenvalue weighted by atomic mass is 9.98. The SMILES string of the molecule is Cc1cc(OC(=O)N2CCCCC2)ccc1-c1cccc(C(F)(F)F)c1. The summed E-state index contributed by atoms with van der Waals surface area (Å²) in [4.78, 5) is 13.8. The zero-order valence-corrected chi connectivity index (χ0v) is 14.5. The van der Waals surface area contributed by atoms with Gasteiger partial charge in [-0.05, 0) is 67.1 Å². The average molecular weight is 363 g/mol. The summed E-state index contributed by atoms with van der Waals surface area (Å²) in [7, 11) is 0. The van der Waals surface area contributed by atoms with Crippen LogP contribution in [0, 0.1) is 6.92 Å². The minimum atomic E-state index is -4.38. The monoisotopic (exact) mass is 363 g/mol. The van der Waals surface area contributed by atoms with E-state index < -0.39 is 11.7 Å². The molecule has 0 unspecified atom stereocenters. The Bertz CT molecular complexity index is 796. The van der Waals surface area contributed by atoms with Crippen LogP contribution in [-0.2, 0) is 6.18 Å². The van der Waals surface area contributed by atoms with Gasteiger partial charge in [0.05, 0.1) is 5.56 Å². The van der Waals surface area contributed by atoms with Crippen molar-refractivity contribution in [2.45, 2.75) is 32.4 Å². The summed E-state index contributed by atoms with van der Waals surface area (Å²) in [6, 6.07) is 10.2. The van der Waals surface area contributed by atoms with Gasteiger partial charge >= 0.3 is 12.3 Å². The standard InChI is InChI=1S/C20H20F3NO2/c1-14-12-17(26-19(25)24-10-3-2-4-11-24)8-9-18(14)15-6-5-7-16(13-15)20(21,22)23/h5-9,12-13H,2-4,10-11H2,1H3. The molecule has 1 heterocycles. The first-order chi connectivity index (χ1) is 12.3. The number of aryl methyl sites for hydroxylation is 1. The molecule has 1 amide bonds. The number of halogens is 3. The summed E-state index contributed by atoms with van der Waals surface area (Å²) in [5.41, 5.74) is 1.21. The Labute approximate surface area is 150 Å². The van der Waals surface area contributed by atoms with E-state index in [1.165, 1.54) is 6.07 Å². The van der Waals surface area contributed by atoms with Crippen molar-refractivity contribution < 1.29 is 22.7 Å². The highest BCUT2D eigenvalue weighted by molar-refractivity contribution is 5.73. The molecule has 0 saturated carbocycles. The van der Waals surface area contributed by atoms with Crippen molar-refractivity contribution in [3.8, 4) is 16.9 Å². The molecule has 0 radical (unpaired) electrons. The van der Waals surface area contributed by atoms with Crippen molar-refractivity contribution in [1.29, 1.82) is 0 Å². The third-order valence-electron chi connectivity index (χ3n) is 4.52. The zero-order valence-electron chi connectivity index (χ0n) is 14.5. The maximum Gasteiger partial charge on any atom is 0.416 e. The second kappa shape index (κ2) is 7.40. The Morgan fingerprint density at radius 1 is 1.04 bits per heavy atom. The Kier molecular flexibility index (Phi) is 5.20. The summed E-state index contributed by atoms with van der Waals surface area (Å²) in [6.07, 6.45) is -1.69. The number of carbonyl (C=O) groups excluding carboxylic acids is 1. The molecule has 0 atom stereocenters. The van der Waals surface area contributed by atoms with Crippen LogP contribution in [0.4, 0.5) is 18.0 Å². The van der Waals surface area contributed by atoms with E-state index in [-0.39, 0.29) is 6.09 Å². The normalized spacial score (nSPS) is 15.0. The fraction of sp³-hybridized carbons (Fsp3) is 0.350. The Morgan fingerprint density at radius 3 is 2.42 bits per heavy atom. The minimum absolute atomic E-state index is 0.379. The molecular formula is C20H20F3NO2. The molecular weight excluding hydrogens is 343 g/mol. The summed E-state index contributed by atoms with van der Waals surface area (Å²) < 4.78 is 44.1. The van der Waals surface area contributed by atoms with Crippen LogP contribution in [0.1, 0.15) is 30.4 Å². The van der Waals surface area contributed by atoms with Crippen molar-refractivity contribution in [3.63, 3.8) is 0 Å². The van der Waals surface area contributed by atoms with Gasteiger partial charge in [-0.25, -0.2) is 4.79 Å². The van der Waals surface area contributed by atoms with Crippen LogP contribution in [0.2, 0.25) is 0 Å². The van der Waals surface area contributed by atoms with E-state index in [2.05, 4.69) is 0 Å². The molecule has 3 rings (SSSR count). The topological polar surface area (TPSA) is 29.5 Å². The molecule has 0 spiro atoms. The molecule has 0 bridgehead atoms. The number of rotatable bonds is 2. The second-order valence-corrected chi connectivity index (χ2v) is 6.47. The highest BCUT2D eigenvalue weighted by atomic mass is 19.4. The maximum absolute atomic E-state index is 12.9. The lowest BCUT2D eigenvalue weighted by molar-refractivity contribution is -0.137. The van der Waals surface area contributed by atoms with Crippen LogP contribution in [0.3, 0.4) is 0 Å².